The Balaban J connectivity index is 1.63. The van der Waals surface area contributed by atoms with Crippen molar-refractivity contribution in [2.45, 2.75) is 26.4 Å². The van der Waals surface area contributed by atoms with Crippen molar-refractivity contribution >= 4 is 45.0 Å². The van der Waals surface area contributed by atoms with Crippen molar-refractivity contribution in [3.8, 4) is 11.5 Å². The highest BCUT2D eigenvalue weighted by Gasteiger charge is 2.43. The Hall–Kier alpha value is -3.55. The Morgan fingerprint density at radius 3 is 2.47 bits per heavy atom. The SMILES string of the molecule is CCOc1cc([C@@H]2C(C(=O)OC)=C(C)NC3=C2C(=O)c2ccccc23)cc(Br)c1OCc1ccccc1Cl. The number of ether oxygens (including phenoxy) is 3. The third kappa shape index (κ3) is 4.50. The van der Waals surface area contributed by atoms with E-state index in [1.54, 1.807) is 6.07 Å². The molecular formula is C30H25BrClNO5. The van der Waals surface area contributed by atoms with Gasteiger partial charge in [0.15, 0.2) is 17.3 Å². The average Bonchev–Trinajstić information content (AvgIpc) is 3.19. The zero-order valence-corrected chi connectivity index (χ0v) is 23.4. The van der Waals surface area contributed by atoms with Gasteiger partial charge in [-0.25, -0.2) is 4.79 Å². The zero-order valence-electron chi connectivity index (χ0n) is 21.1. The summed E-state index contributed by atoms with van der Waals surface area (Å²) < 4.78 is 17.9. The first kappa shape index (κ1) is 26.1. The number of fused-ring (bicyclic) bond motifs is 2. The highest BCUT2D eigenvalue weighted by atomic mass is 79.9. The molecule has 0 radical (unpaired) electrons. The van der Waals surface area contributed by atoms with Crippen LogP contribution in [0.1, 0.15) is 46.8 Å². The van der Waals surface area contributed by atoms with Crippen molar-refractivity contribution in [3.05, 3.63) is 109 Å². The standard InChI is InChI=1S/C30H25BrClNO5/c1-4-37-23-14-18(13-21(31)29(23)38-15-17-9-5-8-12-22(17)32)25-24(30(35)36-3)16(2)33-27-19-10-6-7-11-20(19)28(34)26(25)27/h5-14,25,33H,4,15H2,1-3H3/t25-/m1/s1. The molecule has 3 aromatic rings. The molecule has 0 unspecified atom stereocenters. The summed E-state index contributed by atoms with van der Waals surface area (Å²) in [6.07, 6.45) is 0. The largest absolute Gasteiger partial charge is 0.490 e. The van der Waals surface area contributed by atoms with Crippen LogP contribution in [0.25, 0.3) is 5.70 Å². The topological polar surface area (TPSA) is 73.9 Å². The molecule has 0 saturated carbocycles. The number of allylic oxidation sites excluding steroid dienone is 2. The summed E-state index contributed by atoms with van der Waals surface area (Å²) >= 11 is 9.96. The van der Waals surface area contributed by atoms with Gasteiger partial charge in [-0.05, 0) is 53.5 Å². The molecule has 1 heterocycles. The molecule has 0 fully saturated rings. The van der Waals surface area contributed by atoms with Crippen LogP contribution in [0.4, 0.5) is 0 Å². The maximum atomic E-state index is 13.7. The van der Waals surface area contributed by atoms with Gasteiger partial charge < -0.3 is 19.5 Å². The fraction of sp³-hybridized carbons (Fsp3) is 0.200. The van der Waals surface area contributed by atoms with Gasteiger partial charge in [0.05, 0.1) is 29.5 Å². The average molecular weight is 595 g/mol. The van der Waals surface area contributed by atoms with E-state index >= 15 is 0 Å². The van der Waals surface area contributed by atoms with Crippen molar-refractivity contribution < 1.29 is 23.8 Å². The first-order valence-corrected chi connectivity index (χ1v) is 13.3. The quantitative estimate of drug-likeness (QED) is 0.303. The molecule has 0 aromatic heterocycles. The van der Waals surface area contributed by atoms with E-state index in [-0.39, 0.29) is 12.4 Å². The second kappa shape index (κ2) is 10.7. The van der Waals surface area contributed by atoms with Crippen molar-refractivity contribution in [1.82, 2.24) is 5.32 Å². The summed E-state index contributed by atoms with van der Waals surface area (Å²) in [6.45, 7) is 4.32. The molecule has 1 aliphatic carbocycles. The third-order valence-corrected chi connectivity index (χ3v) is 7.61. The molecule has 0 bridgehead atoms. The minimum absolute atomic E-state index is 0.130. The highest BCUT2D eigenvalue weighted by molar-refractivity contribution is 9.10. The smallest absolute Gasteiger partial charge is 0.336 e. The minimum Gasteiger partial charge on any atom is -0.490 e. The number of benzene rings is 3. The van der Waals surface area contributed by atoms with Gasteiger partial charge in [0.1, 0.15) is 6.61 Å². The molecule has 0 amide bonds. The van der Waals surface area contributed by atoms with Gasteiger partial charge in [-0.1, -0.05) is 54.1 Å². The number of methoxy groups -OCH3 is 1. The van der Waals surface area contributed by atoms with Crippen LogP contribution in [0.15, 0.2) is 82.0 Å². The van der Waals surface area contributed by atoms with Crippen LogP contribution in [0.2, 0.25) is 5.02 Å². The number of carbonyl (C=O) groups excluding carboxylic acids is 2. The van der Waals surface area contributed by atoms with Crippen LogP contribution in [0.5, 0.6) is 11.5 Å². The summed E-state index contributed by atoms with van der Waals surface area (Å²) in [4.78, 5) is 26.7. The van der Waals surface area contributed by atoms with Gasteiger partial charge in [-0.15, -0.1) is 0 Å². The van der Waals surface area contributed by atoms with E-state index in [0.717, 1.165) is 11.1 Å². The molecule has 1 N–H and O–H groups in total. The monoisotopic (exact) mass is 593 g/mol. The molecule has 38 heavy (non-hydrogen) atoms. The van der Waals surface area contributed by atoms with E-state index in [1.807, 2.05) is 68.4 Å². The maximum Gasteiger partial charge on any atom is 0.336 e. The Kier molecular flexibility index (Phi) is 7.32. The number of Topliss-reactive ketones (excluding diaryl/α,β-unsaturated/α-hetero) is 1. The van der Waals surface area contributed by atoms with Crippen molar-refractivity contribution in [3.63, 3.8) is 0 Å². The van der Waals surface area contributed by atoms with Crippen molar-refractivity contribution in [1.29, 1.82) is 0 Å². The molecule has 1 aliphatic heterocycles. The van der Waals surface area contributed by atoms with Gasteiger partial charge >= 0.3 is 5.97 Å². The van der Waals surface area contributed by atoms with Gasteiger partial charge in [0.2, 0.25) is 0 Å². The Bertz CT molecular complexity index is 1530. The highest BCUT2D eigenvalue weighted by Crippen LogP contribution is 2.49. The first-order chi connectivity index (χ1) is 18.3. The molecule has 2 aliphatic rings. The van der Waals surface area contributed by atoms with Crippen LogP contribution >= 0.6 is 27.5 Å². The van der Waals surface area contributed by atoms with Crippen LogP contribution in [-0.2, 0) is 16.1 Å². The Morgan fingerprint density at radius 2 is 1.76 bits per heavy atom. The van der Waals surface area contributed by atoms with Crippen LogP contribution in [0.3, 0.4) is 0 Å². The normalized spacial score (nSPS) is 16.1. The summed E-state index contributed by atoms with van der Waals surface area (Å²) in [5.74, 6) is -0.334. The van der Waals surface area contributed by atoms with E-state index in [2.05, 4.69) is 21.2 Å². The van der Waals surface area contributed by atoms with E-state index in [4.69, 9.17) is 25.8 Å². The zero-order chi connectivity index (χ0) is 27.0. The number of halogens is 2. The second-order valence-corrected chi connectivity index (χ2v) is 10.2. The number of ketones is 1. The first-order valence-electron chi connectivity index (χ1n) is 12.1. The summed E-state index contributed by atoms with van der Waals surface area (Å²) in [5.41, 5.74) is 5.12. The van der Waals surface area contributed by atoms with Crippen LogP contribution in [-0.4, -0.2) is 25.5 Å². The van der Waals surface area contributed by atoms with E-state index < -0.39 is 11.9 Å². The molecule has 0 spiro atoms. The Labute approximate surface area is 234 Å². The third-order valence-electron chi connectivity index (χ3n) is 6.65. The molecule has 0 saturated heterocycles. The summed E-state index contributed by atoms with van der Waals surface area (Å²) in [5, 5.41) is 3.90. The lowest BCUT2D eigenvalue weighted by Crippen LogP contribution is -2.29. The van der Waals surface area contributed by atoms with E-state index in [9.17, 15) is 9.59 Å². The van der Waals surface area contributed by atoms with Crippen molar-refractivity contribution in [2.24, 2.45) is 0 Å². The maximum absolute atomic E-state index is 13.7. The van der Waals surface area contributed by atoms with Crippen molar-refractivity contribution in [2.75, 3.05) is 13.7 Å². The number of hydrogen-bond acceptors (Lipinski definition) is 6. The molecule has 8 heteroatoms. The predicted molar refractivity (Wildman–Crippen MR) is 149 cm³/mol. The lowest BCUT2D eigenvalue weighted by atomic mass is 9.79. The molecule has 1 atom stereocenters. The molecule has 3 aromatic carbocycles. The lowest BCUT2D eigenvalue weighted by molar-refractivity contribution is -0.136. The van der Waals surface area contributed by atoms with Gasteiger partial charge in [-0.3, -0.25) is 4.79 Å². The van der Waals surface area contributed by atoms with Gasteiger partial charge in [0, 0.05) is 38.9 Å². The lowest BCUT2D eigenvalue weighted by Gasteiger charge is -2.29. The predicted octanol–water partition coefficient (Wildman–Crippen LogP) is 6.82. The number of dihydropyridines is 1. The molecule has 194 valence electrons. The fourth-order valence-electron chi connectivity index (χ4n) is 4.97. The van der Waals surface area contributed by atoms with E-state index in [1.165, 1.54) is 7.11 Å². The summed E-state index contributed by atoms with van der Waals surface area (Å²) in [7, 11) is 1.34. The minimum atomic E-state index is -0.674. The molecule has 6 nitrogen and oxygen atoms in total. The number of nitrogens with one attached hydrogen (secondary N) is 1. The second-order valence-electron chi connectivity index (χ2n) is 8.89. The fourth-order valence-corrected chi connectivity index (χ4v) is 5.73. The van der Waals surface area contributed by atoms with Crippen LogP contribution < -0.4 is 14.8 Å². The molecule has 5 rings (SSSR count). The number of esters is 1. The number of carbonyl (C=O) groups is 2. The van der Waals surface area contributed by atoms with Gasteiger partial charge in [-0.2, -0.15) is 0 Å². The molecular weight excluding hydrogens is 570 g/mol. The number of hydrogen-bond donors (Lipinski definition) is 1. The van der Waals surface area contributed by atoms with Gasteiger partial charge in [0.25, 0.3) is 0 Å². The van der Waals surface area contributed by atoms with Crippen LogP contribution in [0, 0.1) is 0 Å². The summed E-state index contributed by atoms with van der Waals surface area (Å²) in [6, 6.07) is 18.6. The van der Waals surface area contributed by atoms with E-state index in [0.29, 0.717) is 61.3 Å². The number of rotatable bonds is 7. The Morgan fingerprint density at radius 1 is 1.05 bits per heavy atom.